The number of benzene rings is 3. The summed E-state index contributed by atoms with van der Waals surface area (Å²) in [5, 5.41) is 3.82. The molecule has 0 amide bonds. The number of hydrogen-bond donors (Lipinski definition) is 4. The van der Waals surface area contributed by atoms with Crippen LogP contribution < -0.4 is 10.0 Å². The maximum absolute atomic E-state index is 13.2. The lowest BCUT2D eigenvalue weighted by molar-refractivity contribution is 0.0733. The molecule has 4 N–H and O–H groups in total. The zero-order chi connectivity index (χ0) is 26.0. The van der Waals surface area contributed by atoms with E-state index in [-0.39, 0.29) is 5.82 Å². The van der Waals surface area contributed by atoms with E-state index in [2.05, 4.69) is 26.8 Å². The van der Waals surface area contributed by atoms with Crippen molar-refractivity contribution in [3.63, 3.8) is 0 Å². The predicted molar refractivity (Wildman–Crippen MR) is 152 cm³/mol. The van der Waals surface area contributed by atoms with Crippen LogP contribution in [0.5, 0.6) is 0 Å². The highest BCUT2D eigenvalue weighted by Gasteiger charge is 2.25. The van der Waals surface area contributed by atoms with Crippen molar-refractivity contribution in [3.8, 4) is 0 Å². The molecule has 1 fully saturated rings. The molecule has 9 heteroatoms. The lowest BCUT2D eigenvalue weighted by Gasteiger charge is -2.40. The number of para-hydroxylation sites is 1. The Hall–Kier alpha value is -2.59. The van der Waals surface area contributed by atoms with Crippen LogP contribution in [0.15, 0.2) is 71.6 Å². The van der Waals surface area contributed by atoms with E-state index in [4.69, 9.17) is 11.6 Å². The van der Waals surface area contributed by atoms with Crippen molar-refractivity contribution >= 4 is 39.8 Å². The van der Waals surface area contributed by atoms with Crippen molar-refractivity contribution in [2.24, 2.45) is 0 Å². The number of nitrogens with one attached hydrogen (secondary N) is 2. The van der Waals surface area contributed by atoms with Crippen LogP contribution in [-0.4, -0.2) is 51.1 Å². The van der Waals surface area contributed by atoms with Crippen molar-refractivity contribution in [2.45, 2.75) is 31.0 Å². The molecule has 0 radical (unpaired) electrons. The number of hydrogen-bond acceptors (Lipinski definition) is 6. The molecule has 0 aromatic heterocycles. The minimum Gasteiger partial charge on any atom is -0.380 e. The maximum atomic E-state index is 13.2. The second kappa shape index (κ2) is 11.0. The lowest BCUT2D eigenvalue weighted by atomic mass is 10.1. The van der Waals surface area contributed by atoms with Crippen molar-refractivity contribution in [1.29, 1.82) is 0 Å². The molecule has 3 aromatic rings. The van der Waals surface area contributed by atoms with Gasteiger partial charge in [-0.05, 0) is 53.9 Å². The highest BCUT2D eigenvalue weighted by molar-refractivity contribution is 8.25. The van der Waals surface area contributed by atoms with E-state index in [1.165, 1.54) is 12.1 Å². The van der Waals surface area contributed by atoms with E-state index in [9.17, 15) is 13.5 Å². The van der Waals surface area contributed by atoms with Crippen LogP contribution in [0, 0.1) is 5.82 Å². The lowest BCUT2D eigenvalue weighted by Crippen LogP contribution is -2.50. The Morgan fingerprint density at radius 3 is 2.65 bits per heavy atom. The van der Waals surface area contributed by atoms with Crippen LogP contribution in [0.4, 0.5) is 15.8 Å². The normalized spacial score (nSPS) is 18.8. The van der Waals surface area contributed by atoms with E-state index in [1.54, 1.807) is 12.1 Å². The van der Waals surface area contributed by atoms with Gasteiger partial charge in [0.1, 0.15) is 10.7 Å². The molecule has 0 aliphatic carbocycles. The minimum absolute atomic E-state index is 0.210. The summed E-state index contributed by atoms with van der Waals surface area (Å²) in [6, 6.07) is 18.1. The third kappa shape index (κ3) is 6.12. The van der Waals surface area contributed by atoms with Crippen LogP contribution in [0.25, 0.3) is 6.08 Å². The van der Waals surface area contributed by atoms with E-state index < -0.39 is 10.8 Å². The molecular formula is C28H32ClFN4O2S. The third-order valence-electron chi connectivity index (χ3n) is 6.91. The predicted octanol–water partition coefficient (Wildman–Crippen LogP) is 6.76. The van der Waals surface area contributed by atoms with Gasteiger partial charge in [-0.15, -0.1) is 0 Å². The molecule has 2 aliphatic rings. The summed E-state index contributed by atoms with van der Waals surface area (Å²) in [7, 11) is -3.30. The van der Waals surface area contributed by atoms with Gasteiger partial charge in [0.05, 0.1) is 11.4 Å². The molecule has 0 saturated carbocycles. The fourth-order valence-electron chi connectivity index (χ4n) is 4.93. The molecule has 6 nitrogen and oxygen atoms in total. The Bertz CT molecular complexity index is 1290. The largest absolute Gasteiger partial charge is 0.380 e. The number of nitrogens with zero attached hydrogens (tertiary/aromatic N) is 2. The van der Waals surface area contributed by atoms with Crippen molar-refractivity contribution in [1.82, 2.24) is 9.80 Å². The van der Waals surface area contributed by atoms with Crippen molar-refractivity contribution in [2.75, 3.05) is 36.2 Å². The van der Waals surface area contributed by atoms with Gasteiger partial charge >= 0.3 is 0 Å². The smallest absolute Gasteiger partial charge is 0.123 e. The van der Waals surface area contributed by atoms with Gasteiger partial charge in [-0.2, -0.15) is 0 Å². The van der Waals surface area contributed by atoms with Gasteiger partial charge in [-0.25, -0.2) is 4.39 Å². The first-order valence-electron chi connectivity index (χ1n) is 12.4. The number of anilines is 2. The molecule has 2 heterocycles. The first-order valence-corrected chi connectivity index (χ1v) is 14.3. The number of halogens is 2. The topological polar surface area (TPSA) is 71.0 Å². The Morgan fingerprint density at radius 1 is 1.08 bits per heavy atom. The number of fused-ring (bicyclic) bond motifs is 1. The monoisotopic (exact) mass is 542 g/mol. The summed E-state index contributed by atoms with van der Waals surface area (Å²) in [4.78, 5) is 5.22. The highest BCUT2D eigenvalue weighted by Crippen LogP contribution is 2.52. The van der Waals surface area contributed by atoms with E-state index >= 15 is 0 Å². The molecule has 196 valence electrons. The van der Waals surface area contributed by atoms with Crippen molar-refractivity contribution < 1.29 is 13.5 Å². The molecule has 2 aliphatic heterocycles. The second-order valence-electron chi connectivity index (χ2n) is 9.64. The Kier molecular flexibility index (Phi) is 7.76. The molecule has 5 rings (SSSR count). The van der Waals surface area contributed by atoms with Gasteiger partial charge < -0.3 is 5.32 Å². The van der Waals surface area contributed by atoms with Crippen LogP contribution in [0.1, 0.15) is 23.6 Å². The van der Waals surface area contributed by atoms with E-state index in [0.717, 1.165) is 48.6 Å². The van der Waals surface area contributed by atoms with Crippen LogP contribution >= 0.6 is 22.4 Å². The highest BCUT2D eigenvalue weighted by atomic mass is 35.5. The van der Waals surface area contributed by atoms with Gasteiger partial charge in [0.15, 0.2) is 0 Å². The van der Waals surface area contributed by atoms with Crippen LogP contribution in [-0.2, 0) is 13.1 Å². The van der Waals surface area contributed by atoms with Gasteiger partial charge in [0, 0.05) is 50.3 Å². The first kappa shape index (κ1) is 26.0. The quantitative estimate of drug-likeness (QED) is 0.264. The van der Waals surface area contributed by atoms with Crippen LogP contribution in [0.3, 0.4) is 0 Å². The van der Waals surface area contributed by atoms with Crippen molar-refractivity contribution in [3.05, 3.63) is 94.3 Å². The van der Waals surface area contributed by atoms with Gasteiger partial charge in [0.2, 0.25) is 0 Å². The van der Waals surface area contributed by atoms with Gasteiger partial charge in [0.25, 0.3) is 0 Å². The molecular weight excluding hydrogens is 511 g/mol. The summed E-state index contributed by atoms with van der Waals surface area (Å²) in [5.41, 5.74) is 4.31. The molecule has 0 spiro atoms. The SMILES string of the molecule is C[C@H]1CN(Cc2ccc(F)cc2)CCN1Cc1ccc(NS(O)(O)c2cccc3c2NCC=C3)cc1Cl. The summed E-state index contributed by atoms with van der Waals surface area (Å²) in [6.07, 6.45) is 3.97. The zero-order valence-electron chi connectivity index (χ0n) is 20.7. The second-order valence-corrected chi connectivity index (χ2v) is 11.8. The van der Waals surface area contributed by atoms with Gasteiger partial charge in [-0.3, -0.25) is 23.6 Å². The van der Waals surface area contributed by atoms with Gasteiger partial charge in [-0.1, -0.05) is 64.9 Å². The average Bonchev–Trinajstić information content (AvgIpc) is 2.88. The molecule has 0 unspecified atom stereocenters. The van der Waals surface area contributed by atoms with Crippen LogP contribution in [0.2, 0.25) is 5.02 Å². The Morgan fingerprint density at radius 2 is 1.89 bits per heavy atom. The van der Waals surface area contributed by atoms with E-state index in [1.807, 2.05) is 48.6 Å². The molecule has 0 bridgehead atoms. The fraction of sp³-hybridized carbons (Fsp3) is 0.286. The molecule has 3 aromatic carbocycles. The fourth-order valence-corrected chi connectivity index (χ4v) is 6.48. The minimum atomic E-state index is -3.30. The summed E-state index contributed by atoms with van der Waals surface area (Å²) in [5.74, 6) is -0.210. The average molecular weight is 543 g/mol. The number of rotatable bonds is 7. The maximum Gasteiger partial charge on any atom is 0.123 e. The summed E-state index contributed by atoms with van der Waals surface area (Å²) < 4.78 is 38.1. The molecule has 1 atom stereocenters. The van der Waals surface area contributed by atoms with E-state index in [0.29, 0.717) is 34.7 Å². The standard InChI is InChI=1S/C28H32ClFN4O2S/c1-20-17-33(18-21-7-10-24(30)11-8-21)14-15-34(20)19-23-9-12-25(16-26(23)29)32-37(35,36)27-6-2-4-22-5-3-13-31-28(22)27/h2-12,16,20,31-32,35-36H,13-15,17-19H2,1H3/t20-/m0/s1. The summed E-state index contributed by atoms with van der Waals surface area (Å²) in [6.45, 7) is 7.11. The number of piperazine rings is 1. The first-order chi connectivity index (χ1) is 17.8. The zero-order valence-corrected chi connectivity index (χ0v) is 22.3. The molecule has 1 saturated heterocycles. The third-order valence-corrected chi connectivity index (χ3v) is 8.74. The Balaban J connectivity index is 1.21. The molecule has 37 heavy (non-hydrogen) atoms. The Labute approximate surface area is 224 Å². The summed E-state index contributed by atoms with van der Waals surface area (Å²) >= 11 is 6.65.